The van der Waals surface area contributed by atoms with Gasteiger partial charge in [-0.05, 0) is 25.7 Å². The Labute approximate surface area is 110 Å². The Morgan fingerprint density at radius 3 is 3.00 bits per heavy atom. The van der Waals surface area contributed by atoms with E-state index in [9.17, 15) is 0 Å². The monoisotopic (exact) mass is 255 g/mol. The third kappa shape index (κ3) is 4.14. The zero-order chi connectivity index (χ0) is 12.8. The molecule has 5 nitrogen and oxygen atoms in total. The Morgan fingerprint density at radius 2 is 2.33 bits per heavy atom. The Hall–Kier alpha value is -0.810. The van der Waals surface area contributed by atoms with Crippen molar-refractivity contribution in [1.82, 2.24) is 10.2 Å². The molecule has 1 aliphatic heterocycles. The first-order valence-electron chi connectivity index (χ1n) is 6.97. The van der Waals surface area contributed by atoms with Gasteiger partial charge in [0.25, 0.3) is 0 Å². The zero-order valence-electron chi connectivity index (χ0n) is 11.5. The number of morpholine rings is 1. The number of hydrogen-bond acceptors (Lipinski definition) is 3. The molecule has 0 bridgehead atoms. The Kier molecular flexibility index (Phi) is 5.26. The van der Waals surface area contributed by atoms with Gasteiger partial charge < -0.3 is 19.7 Å². The molecule has 0 radical (unpaired) electrons. The molecule has 1 N–H and O–H groups in total. The van der Waals surface area contributed by atoms with E-state index in [1.54, 1.807) is 7.11 Å². The van der Waals surface area contributed by atoms with Crippen LogP contribution >= 0.6 is 0 Å². The van der Waals surface area contributed by atoms with E-state index in [-0.39, 0.29) is 6.10 Å². The van der Waals surface area contributed by atoms with E-state index in [0.717, 1.165) is 44.7 Å². The lowest BCUT2D eigenvalue weighted by atomic mass is 10.3. The van der Waals surface area contributed by atoms with Gasteiger partial charge in [-0.1, -0.05) is 0 Å². The Bertz CT molecular complexity index is 277. The normalized spacial score (nSPS) is 25.3. The van der Waals surface area contributed by atoms with Gasteiger partial charge in [0.2, 0.25) is 0 Å². The first-order valence-corrected chi connectivity index (χ1v) is 6.97. The van der Waals surface area contributed by atoms with Crippen molar-refractivity contribution in [3.05, 3.63) is 0 Å². The predicted octanol–water partition coefficient (Wildman–Crippen LogP) is 0.709. The van der Waals surface area contributed by atoms with Crippen LogP contribution < -0.4 is 5.32 Å². The molecule has 2 fully saturated rings. The third-order valence-corrected chi connectivity index (χ3v) is 3.32. The molecule has 104 valence electrons. The fourth-order valence-electron chi connectivity index (χ4n) is 2.14. The summed E-state index contributed by atoms with van der Waals surface area (Å²) in [5.41, 5.74) is 0. The van der Waals surface area contributed by atoms with Crippen LogP contribution in [0.25, 0.3) is 0 Å². The van der Waals surface area contributed by atoms with Crippen LogP contribution in [0.1, 0.15) is 19.8 Å². The molecule has 5 heteroatoms. The summed E-state index contributed by atoms with van der Waals surface area (Å²) in [6.07, 6.45) is 2.85. The topological polar surface area (TPSA) is 46.1 Å². The molecule has 2 aliphatic rings. The summed E-state index contributed by atoms with van der Waals surface area (Å²) in [4.78, 5) is 7.02. The highest BCUT2D eigenvalue weighted by molar-refractivity contribution is 5.80. The number of aliphatic imine (C=N–C) groups is 1. The number of ether oxygens (including phenoxy) is 2. The lowest BCUT2D eigenvalue weighted by molar-refractivity contribution is -0.0447. The SMILES string of the molecule is CCNC(=NCC1CC1)N1CCOC(COC)C1. The van der Waals surface area contributed by atoms with Crippen LogP contribution in [0.5, 0.6) is 0 Å². The summed E-state index contributed by atoms with van der Waals surface area (Å²) in [5.74, 6) is 1.86. The van der Waals surface area contributed by atoms with Crippen LogP contribution in [0.3, 0.4) is 0 Å². The van der Waals surface area contributed by atoms with E-state index >= 15 is 0 Å². The van der Waals surface area contributed by atoms with Gasteiger partial charge in [-0.3, -0.25) is 4.99 Å². The number of nitrogens with one attached hydrogen (secondary N) is 1. The molecule has 1 saturated heterocycles. The largest absolute Gasteiger partial charge is 0.382 e. The number of nitrogens with zero attached hydrogens (tertiary/aromatic N) is 2. The van der Waals surface area contributed by atoms with Crippen molar-refractivity contribution < 1.29 is 9.47 Å². The van der Waals surface area contributed by atoms with Crippen molar-refractivity contribution in [3.63, 3.8) is 0 Å². The van der Waals surface area contributed by atoms with Crippen molar-refractivity contribution in [2.75, 3.05) is 46.5 Å². The molecule has 1 saturated carbocycles. The van der Waals surface area contributed by atoms with Gasteiger partial charge in [-0.2, -0.15) is 0 Å². The number of methoxy groups -OCH3 is 1. The third-order valence-electron chi connectivity index (χ3n) is 3.32. The van der Waals surface area contributed by atoms with E-state index in [4.69, 9.17) is 14.5 Å². The van der Waals surface area contributed by atoms with Crippen LogP contribution in [0, 0.1) is 5.92 Å². The maximum atomic E-state index is 5.67. The lowest BCUT2D eigenvalue weighted by Crippen LogP contribution is -2.51. The fraction of sp³-hybridized carbons (Fsp3) is 0.923. The van der Waals surface area contributed by atoms with Crippen LogP contribution in [0.2, 0.25) is 0 Å². The van der Waals surface area contributed by atoms with Crippen molar-refractivity contribution in [3.8, 4) is 0 Å². The van der Waals surface area contributed by atoms with Crippen LogP contribution in [-0.2, 0) is 9.47 Å². The van der Waals surface area contributed by atoms with Gasteiger partial charge in [-0.15, -0.1) is 0 Å². The quantitative estimate of drug-likeness (QED) is 0.580. The molecule has 0 amide bonds. The molecule has 0 spiro atoms. The molecular formula is C13H25N3O2. The van der Waals surface area contributed by atoms with Gasteiger partial charge in [0.1, 0.15) is 0 Å². The van der Waals surface area contributed by atoms with Gasteiger partial charge in [0.05, 0.1) is 19.3 Å². The molecule has 0 aromatic carbocycles. The maximum absolute atomic E-state index is 5.67. The second-order valence-electron chi connectivity index (χ2n) is 5.03. The van der Waals surface area contributed by atoms with E-state index in [2.05, 4.69) is 17.1 Å². The maximum Gasteiger partial charge on any atom is 0.194 e. The second kappa shape index (κ2) is 6.95. The summed E-state index contributed by atoms with van der Waals surface area (Å²) in [6.45, 7) is 7.17. The molecule has 1 unspecified atom stereocenters. The molecular weight excluding hydrogens is 230 g/mol. The first-order chi connectivity index (χ1) is 8.83. The second-order valence-corrected chi connectivity index (χ2v) is 5.03. The fourth-order valence-corrected chi connectivity index (χ4v) is 2.14. The predicted molar refractivity (Wildman–Crippen MR) is 71.9 cm³/mol. The molecule has 1 atom stereocenters. The minimum absolute atomic E-state index is 0.161. The van der Waals surface area contributed by atoms with Crippen molar-refractivity contribution >= 4 is 5.96 Å². The highest BCUT2D eigenvalue weighted by atomic mass is 16.5. The standard InChI is InChI=1S/C13H25N3O2/c1-3-14-13(15-8-11-4-5-11)16-6-7-18-12(9-16)10-17-2/h11-12H,3-10H2,1-2H3,(H,14,15). The highest BCUT2D eigenvalue weighted by Gasteiger charge is 2.24. The summed E-state index contributed by atoms with van der Waals surface area (Å²) < 4.78 is 10.8. The molecule has 0 aromatic rings. The Balaban J connectivity index is 1.88. The average molecular weight is 255 g/mol. The number of guanidine groups is 1. The van der Waals surface area contributed by atoms with Gasteiger partial charge in [-0.25, -0.2) is 0 Å². The zero-order valence-corrected chi connectivity index (χ0v) is 11.5. The van der Waals surface area contributed by atoms with Gasteiger partial charge >= 0.3 is 0 Å². The van der Waals surface area contributed by atoms with E-state index < -0.39 is 0 Å². The van der Waals surface area contributed by atoms with E-state index in [1.165, 1.54) is 12.8 Å². The van der Waals surface area contributed by atoms with E-state index in [0.29, 0.717) is 6.61 Å². The average Bonchev–Trinajstić information content (AvgIpc) is 3.19. The van der Waals surface area contributed by atoms with Crippen LogP contribution in [0.15, 0.2) is 4.99 Å². The molecule has 1 aliphatic carbocycles. The molecule has 0 aromatic heterocycles. The van der Waals surface area contributed by atoms with Crippen LogP contribution in [-0.4, -0.2) is 63.5 Å². The number of hydrogen-bond donors (Lipinski definition) is 1. The first kappa shape index (κ1) is 13.6. The molecule has 18 heavy (non-hydrogen) atoms. The minimum Gasteiger partial charge on any atom is -0.382 e. The smallest absolute Gasteiger partial charge is 0.194 e. The summed E-state index contributed by atoms with van der Waals surface area (Å²) in [7, 11) is 1.72. The van der Waals surface area contributed by atoms with Crippen molar-refractivity contribution in [2.24, 2.45) is 10.9 Å². The minimum atomic E-state index is 0.161. The highest BCUT2D eigenvalue weighted by Crippen LogP contribution is 2.28. The van der Waals surface area contributed by atoms with Gasteiger partial charge in [0.15, 0.2) is 5.96 Å². The summed E-state index contributed by atoms with van der Waals surface area (Å²) in [6, 6.07) is 0. The van der Waals surface area contributed by atoms with Crippen molar-refractivity contribution in [2.45, 2.75) is 25.9 Å². The van der Waals surface area contributed by atoms with Gasteiger partial charge in [0, 0.05) is 33.3 Å². The summed E-state index contributed by atoms with van der Waals surface area (Å²) >= 11 is 0. The van der Waals surface area contributed by atoms with Crippen LogP contribution in [0.4, 0.5) is 0 Å². The number of rotatable bonds is 5. The summed E-state index contributed by atoms with van der Waals surface area (Å²) in [5, 5.41) is 3.38. The molecule has 1 heterocycles. The van der Waals surface area contributed by atoms with Crippen molar-refractivity contribution in [1.29, 1.82) is 0 Å². The Morgan fingerprint density at radius 1 is 1.50 bits per heavy atom. The van der Waals surface area contributed by atoms with E-state index in [1.807, 2.05) is 0 Å². The molecule has 2 rings (SSSR count). The lowest BCUT2D eigenvalue weighted by Gasteiger charge is -2.34.